The molecule has 7 nitrogen and oxygen atoms in total. The topological polar surface area (TPSA) is 79.3 Å². The summed E-state index contributed by atoms with van der Waals surface area (Å²) in [6.07, 6.45) is 3.92. The minimum atomic E-state index is -0.458. The monoisotopic (exact) mass is 471 g/mol. The molecule has 0 unspecified atom stereocenters. The van der Waals surface area contributed by atoms with Crippen LogP contribution >= 0.6 is 11.6 Å². The maximum Gasteiger partial charge on any atom is 0.288 e. The first kappa shape index (κ1) is 23.6. The molecule has 2 bridgehead atoms. The van der Waals surface area contributed by atoms with Crippen LogP contribution in [0.4, 0.5) is 11.4 Å². The number of rotatable bonds is 7. The fraction of sp³-hybridized carbons (Fsp3) is 0.560. The van der Waals surface area contributed by atoms with Gasteiger partial charge in [0.25, 0.3) is 5.56 Å². The number of aromatic nitrogens is 2. The molecular weight excluding hydrogens is 438 g/mol. The lowest BCUT2D eigenvalue weighted by atomic mass is 9.45. The van der Waals surface area contributed by atoms with Gasteiger partial charge in [-0.15, -0.1) is 0 Å². The summed E-state index contributed by atoms with van der Waals surface area (Å²) in [5.74, 6) is 1.59. The molecule has 0 radical (unpaired) electrons. The lowest BCUT2D eigenvalue weighted by Gasteiger charge is -2.62. The summed E-state index contributed by atoms with van der Waals surface area (Å²) in [6, 6.07) is 8.19. The van der Waals surface area contributed by atoms with E-state index < -0.39 is 5.56 Å². The largest absolute Gasteiger partial charge is 0.379 e. The SMILES string of the molecule is C[C@@H]1[C@H]2C[C@@H](C[C@H]1Nc1cnn(CC(=O)NCc3cccc(N(C)C)c3)c(=O)c1Cl)C2(C)C. The smallest absolute Gasteiger partial charge is 0.288 e. The molecule has 0 aliphatic heterocycles. The lowest BCUT2D eigenvalue weighted by Crippen LogP contribution is -2.58. The molecule has 4 atom stereocenters. The average Bonchev–Trinajstić information content (AvgIpc) is 2.78. The maximum atomic E-state index is 12.8. The summed E-state index contributed by atoms with van der Waals surface area (Å²) >= 11 is 6.40. The number of halogens is 1. The van der Waals surface area contributed by atoms with E-state index in [-0.39, 0.29) is 23.5 Å². The predicted molar refractivity (Wildman–Crippen MR) is 133 cm³/mol. The van der Waals surface area contributed by atoms with Crippen molar-refractivity contribution in [3.63, 3.8) is 0 Å². The molecule has 1 aromatic carbocycles. The molecule has 3 aliphatic carbocycles. The Morgan fingerprint density at radius 1 is 1.30 bits per heavy atom. The maximum absolute atomic E-state index is 12.8. The van der Waals surface area contributed by atoms with Crippen LogP contribution in [0.3, 0.4) is 0 Å². The highest BCUT2D eigenvalue weighted by Gasteiger charge is 2.56. The Kier molecular flexibility index (Phi) is 6.45. The summed E-state index contributed by atoms with van der Waals surface area (Å²) in [5.41, 5.74) is 2.53. The number of carbonyl (C=O) groups excluding carboxylic acids is 1. The van der Waals surface area contributed by atoms with Crippen LogP contribution in [0.5, 0.6) is 0 Å². The minimum absolute atomic E-state index is 0.0854. The highest BCUT2D eigenvalue weighted by atomic mass is 35.5. The quantitative estimate of drug-likeness (QED) is 0.642. The van der Waals surface area contributed by atoms with Gasteiger partial charge >= 0.3 is 0 Å². The third-order valence-corrected chi connectivity index (χ3v) is 8.26. The van der Waals surface area contributed by atoms with Crippen LogP contribution < -0.4 is 21.1 Å². The van der Waals surface area contributed by atoms with E-state index in [2.05, 4.69) is 36.5 Å². The van der Waals surface area contributed by atoms with E-state index in [0.717, 1.165) is 22.4 Å². The molecule has 33 heavy (non-hydrogen) atoms. The van der Waals surface area contributed by atoms with Crippen molar-refractivity contribution in [2.24, 2.45) is 23.2 Å². The summed E-state index contributed by atoms with van der Waals surface area (Å²) in [4.78, 5) is 27.2. The fourth-order valence-electron chi connectivity index (χ4n) is 5.56. The molecule has 1 heterocycles. The fourth-order valence-corrected chi connectivity index (χ4v) is 5.76. The van der Waals surface area contributed by atoms with Crippen molar-refractivity contribution < 1.29 is 4.79 Å². The molecule has 3 saturated carbocycles. The molecule has 0 saturated heterocycles. The highest BCUT2D eigenvalue weighted by molar-refractivity contribution is 6.32. The summed E-state index contributed by atoms with van der Waals surface area (Å²) < 4.78 is 1.12. The zero-order valence-electron chi connectivity index (χ0n) is 20.1. The molecule has 1 amide bonds. The molecule has 3 aliphatic rings. The minimum Gasteiger partial charge on any atom is -0.379 e. The molecular formula is C25H34ClN5O2. The van der Waals surface area contributed by atoms with Gasteiger partial charge in [-0.2, -0.15) is 5.10 Å². The molecule has 0 spiro atoms. The second-order valence-corrected chi connectivity index (χ2v) is 10.8. The number of fused-ring (bicyclic) bond motifs is 2. The van der Waals surface area contributed by atoms with E-state index >= 15 is 0 Å². The average molecular weight is 472 g/mol. The third kappa shape index (κ3) is 4.60. The van der Waals surface area contributed by atoms with Gasteiger partial charge in [0.2, 0.25) is 5.91 Å². The first-order chi connectivity index (χ1) is 15.6. The van der Waals surface area contributed by atoms with Gasteiger partial charge in [0, 0.05) is 32.4 Å². The Bertz CT molecular complexity index is 1100. The highest BCUT2D eigenvalue weighted by Crippen LogP contribution is 2.61. The predicted octanol–water partition coefficient (Wildman–Crippen LogP) is 3.76. The molecule has 178 valence electrons. The zero-order valence-corrected chi connectivity index (χ0v) is 20.8. The van der Waals surface area contributed by atoms with Crippen LogP contribution in [0.1, 0.15) is 39.2 Å². The first-order valence-electron chi connectivity index (χ1n) is 11.6. The standard InChI is InChI=1S/C25H34ClN5O2/c1-15-19-10-17(25(19,2)3)11-20(15)29-21-13-28-31(24(33)23(21)26)14-22(32)27-12-16-7-6-8-18(9-16)30(4)5/h6-9,13,15,17,19-20,29H,10-12,14H2,1-5H3,(H,27,32)/t15-,17+,19-,20-/m1/s1. The van der Waals surface area contributed by atoms with Crippen molar-refractivity contribution in [3.8, 4) is 0 Å². The summed E-state index contributed by atoms with van der Waals surface area (Å²) in [5, 5.41) is 10.6. The van der Waals surface area contributed by atoms with Gasteiger partial charge < -0.3 is 15.5 Å². The van der Waals surface area contributed by atoms with Crippen molar-refractivity contribution in [2.75, 3.05) is 24.3 Å². The normalized spacial score (nSPS) is 25.2. The second kappa shape index (κ2) is 9.01. The van der Waals surface area contributed by atoms with Gasteiger partial charge in [0.05, 0.1) is 11.9 Å². The lowest BCUT2D eigenvalue weighted by molar-refractivity contribution is -0.122. The Hall–Kier alpha value is -2.54. The number of carbonyl (C=O) groups is 1. The van der Waals surface area contributed by atoms with E-state index in [4.69, 9.17) is 11.6 Å². The number of nitrogens with one attached hydrogen (secondary N) is 2. The number of hydrogen-bond donors (Lipinski definition) is 2. The first-order valence-corrected chi connectivity index (χ1v) is 12.0. The van der Waals surface area contributed by atoms with Crippen molar-refractivity contribution in [1.29, 1.82) is 0 Å². The van der Waals surface area contributed by atoms with Crippen molar-refractivity contribution >= 4 is 28.9 Å². The number of nitrogens with zero attached hydrogens (tertiary/aromatic N) is 3. The number of benzene rings is 1. The number of amides is 1. The van der Waals surface area contributed by atoms with Gasteiger partial charge in [0.1, 0.15) is 11.6 Å². The van der Waals surface area contributed by atoms with Gasteiger partial charge in [-0.25, -0.2) is 4.68 Å². The molecule has 2 N–H and O–H groups in total. The van der Waals surface area contributed by atoms with E-state index in [1.807, 2.05) is 43.3 Å². The zero-order chi connectivity index (χ0) is 23.9. The Morgan fingerprint density at radius 3 is 2.73 bits per heavy atom. The Morgan fingerprint density at radius 2 is 2.06 bits per heavy atom. The Balaban J connectivity index is 1.37. The second-order valence-electron chi connectivity index (χ2n) is 10.4. The van der Waals surface area contributed by atoms with Crippen molar-refractivity contribution in [1.82, 2.24) is 15.1 Å². The van der Waals surface area contributed by atoms with Crippen LogP contribution in [0.15, 0.2) is 35.3 Å². The van der Waals surface area contributed by atoms with E-state index in [9.17, 15) is 9.59 Å². The van der Waals surface area contributed by atoms with Gasteiger partial charge in [0.15, 0.2) is 0 Å². The molecule has 1 aromatic heterocycles. The summed E-state index contributed by atoms with van der Waals surface area (Å²) in [6.45, 7) is 7.20. The summed E-state index contributed by atoms with van der Waals surface area (Å²) in [7, 11) is 3.94. The third-order valence-electron chi connectivity index (χ3n) is 7.89. The van der Waals surface area contributed by atoms with Crippen molar-refractivity contribution in [3.05, 3.63) is 51.4 Å². The molecule has 3 fully saturated rings. The van der Waals surface area contributed by atoms with Gasteiger partial charge in [-0.3, -0.25) is 9.59 Å². The van der Waals surface area contributed by atoms with Crippen LogP contribution in [0, 0.1) is 23.2 Å². The van der Waals surface area contributed by atoms with Gasteiger partial charge in [-0.1, -0.05) is 44.5 Å². The molecule has 8 heteroatoms. The van der Waals surface area contributed by atoms with E-state index in [1.165, 1.54) is 6.42 Å². The van der Waals surface area contributed by atoms with Crippen molar-refractivity contribution in [2.45, 2.75) is 52.7 Å². The van der Waals surface area contributed by atoms with Gasteiger partial charge in [-0.05, 0) is 53.7 Å². The molecule has 5 rings (SSSR count). The van der Waals surface area contributed by atoms with Crippen LogP contribution in [-0.4, -0.2) is 35.8 Å². The van der Waals surface area contributed by atoms with E-state index in [1.54, 1.807) is 6.20 Å². The van der Waals surface area contributed by atoms with E-state index in [0.29, 0.717) is 35.4 Å². The Labute approximate surface area is 200 Å². The van der Waals surface area contributed by atoms with Crippen LogP contribution in [0.2, 0.25) is 5.02 Å². The van der Waals surface area contributed by atoms with Crippen LogP contribution in [-0.2, 0) is 17.9 Å². The van der Waals surface area contributed by atoms with Crippen LogP contribution in [0.25, 0.3) is 0 Å². The molecule has 2 aromatic rings. The number of hydrogen-bond acceptors (Lipinski definition) is 5. The number of anilines is 2.